The van der Waals surface area contributed by atoms with Crippen molar-refractivity contribution in [2.24, 2.45) is 0 Å². The molecule has 2 aromatic heterocycles. The number of nitrogens with one attached hydrogen (secondary N) is 2. The minimum Gasteiger partial charge on any atom is -0.305 e. The van der Waals surface area contributed by atoms with E-state index in [2.05, 4.69) is 15.5 Å². The molecule has 0 saturated heterocycles. The van der Waals surface area contributed by atoms with Crippen LogP contribution < -0.4 is 5.32 Å². The summed E-state index contributed by atoms with van der Waals surface area (Å²) in [5.41, 5.74) is 0.314. The van der Waals surface area contributed by atoms with Gasteiger partial charge >= 0.3 is 0 Å². The molecule has 0 bridgehead atoms. The van der Waals surface area contributed by atoms with Gasteiger partial charge in [-0.05, 0) is 17.5 Å². The van der Waals surface area contributed by atoms with E-state index in [0.717, 1.165) is 10.1 Å². The van der Waals surface area contributed by atoms with Gasteiger partial charge in [-0.2, -0.15) is 10.4 Å². The number of rotatable bonds is 2. The Bertz CT molecular complexity index is 763. The molecule has 0 aliphatic heterocycles. The Morgan fingerprint density at radius 3 is 3.05 bits per heavy atom. The van der Waals surface area contributed by atoms with Crippen molar-refractivity contribution in [2.45, 2.75) is 0 Å². The van der Waals surface area contributed by atoms with E-state index in [1.54, 1.807) is 0 Å². The molecule has 0 aliphatic rings. The fourth-order valence-corrected chi connectivity index (χ4v) is 2.69. The monoisotopic (exact) mass is 268 g/mol. The molecule has 0 spiro atoms. The fraction of sp³-hybridized carbons (Fsp3) is 0. The summed E-state index contributed by atoms with van der Waals surface area (Å²) in [6.07, 6.45) is 1.38. The van der Waals surface area contributed by atoms with Crippen LogP contribution in [0.15, 0.2) is 36.5 Å². The first-order chi connectivity index (χ1) is 9.28. The van der Waals surface area contributed by atoms with E-state index < -0.39 is 0 Å². The number of H-pyrrole nitrogens is 1. The molecule has 0 radical (unpaired) electrons. The molecule has 0 unspecified atom stereocenters. The Morgan fingerprint density at radius 1 is 1.42 bits per heavy atom. The van der Waals surface area contributed by atoms with Crippen molar-refractivity contribution in [3.63, 3.8) is 0 Å². The highest BCUT2D eigenvalue weighted by Gasteiger charge is 2.13. The number of aromatic amines is 1. The molecule has 92 valence electrons. The van der Waals surface area contributed by atoms with Crippen molar-refractivity contribution in [3.05, 3.63) is 47.0 Å². The van der Waals surface area contributed by atoms with Gasteiger partial charge in [-0.1, -0.05) is 18.2 Å². The average molecular weight is 268 g/mol. The lowest BCUT2D eigenvalue weighted by Crippen LogP contribution is -2.11. The van der Waals surface area contributed by atoms with Gasteiger partial charge in [0.25, 0.3) is 5.91 Å². The number of carbonyl (C=O) groups is 1. The van der Waals surface area contributed by atoms with E-state index >= 15 is 0 Å². The first-order valence-corrected chi connectivity index (χ1v) is 6.33. The van der Waals surface area contributed by atoms with E-state index in [0.29, 0.717) is 16.3 Å². The highest BCUT2D eigenvalue weighted by atomic mass is 32.1. The topological polar surface area (TPSA) is 81.6 Å². The van der Waals surface area contributed by atoms with Crippen molar-refractivity contribution in [1.29, 1.82) is 5.26 Å². The Labute approximate surface area is 112 Å². The van der Waals surface area contributed by atoms with E-state index in [1.165, 1.54) is 17.5 Å². The second kappa shape index (κ2) is 4.55. The second-order valence-corrected chi connectivity index (χ2v) is 4.96. The molecule has 2 N–H and O–H groups in total. The van der Waals surface area contributed by atoms with Crippen molar-refractivity contribution >= 4 is 33.1 Å². The summed E-state index contributed by atoms with van der Waals surface area (Å²) < 4.78 is 1.05. The maximum Gasteiger partial charge on any atom is 0.266 e. The van der Waals surface area contributed by atoms with Gasteiger partial charge in [-0.3, -0.25) is 9.89 Å². The van der Waals surface area contributed by atoms with Gasteiger partial charge in [0.1, 0.15) is 17.5 Å². The van der Waals surface area contributed by atoms with Crippen molar-refractivity contribution in [2.75, 3.05) is 5.32 Å². The van der Waals surface area contributed by atoms with Crippen molar-refractivity contribution in [1.82, 2.24) is 10.2 Å². The molecule has 5 nitrogen and oxygen atoms in total. The average Bonchev–Trinajstić information content (AvgIpc) is 3.03. The molecule has 0 aliphatic carbocycles. The summed E-state index contributed by atoms with van der Waals surface area (Å²) in [7, 11) is 0. The van der Waals surface area contributed by atoms with E-state index in [4.69, 9.17) is 5.26 Å². The smallest absolute Gasteiger partial charge is 0.266 e. The highest BCUT2D eigenvalue weighted by Crippen LogP contribution is 2.26. The molecular formula is C13H8N4OS. The third kappa shape index (κ3) is 2.07. The fourth-order valence-electron chi connectivity index (χ4n) is 1.74. The number of aromatic nitrogens is 2. The number of hydrogen-bond donors (Lipinski definition) is 2. The third-order valence-electron chi connectivity index (χ3n) is 2.65. The van der Waals surface area contributed by atoms with Crippen LogP contribution in [0.2, 0.25) is 0 Å². The Balaban J connectivity index is 1.90. The number of amides is 1. The standard InChI is InChI=1S/C13H8N4OS/c14-6-9-7-15-17-12(9)16-13(18)11-5-8-3-1-2-4-10(8)19-11/h1-5,7H,(H2,15,16,17,18). The minimum absolute atomic E-state index is 0.248. The van der Waals surface area contributed by atoms with Crippen LogP contribution in [0.3, 0.4) is 0 Å². The number of nitrogens with zero attached hydrogens (tertiary/aromatic N) is 2. The molecule has 2 heterocycles. The second-order valence-electron chi connectivity index (χ2n) is 3.87. The lowest BCUT2D eigenvalue weighted by Gasteiger charge is -1.99. The Kier molecular flexibility index (Phi) is 2.74. The highest BCUT2D eigenvalue weighted by molar-refractivity contribution is 7.20. The molecule has 0 saturated carbocycles. The molecule has 3 aromatic rings. The van der Waals surface area contributed by atoms with Crippen LogP contribution in [0, 0.1) is 11.3 Å². The molecule has 19 heavy (non-hydrogen) atoms. The van der Waals surface area contributed by atoms with E-state index in [9.17, 15) is 4.79 Å². The molecular weight excluding hydrogens is 260 g/mol. The zero-order valence-corrected chi connectivity index (χ0v) is 10.5. The lowest BCUT2D eigenvalue weighted by molar-refractivity contribution is 0.103. The van der Waals surface area contributed by atoms with Crippen LogP contribution in [-0.4, -0.2) is 16.1 Å². The van der Waals surface area contributed by atoms with Crippen molar-refractivity contribution in [3.8, 4) is 6.07 Å². The van der Waals surface area contributed by atoms with Crippen LogP contribution >= 0.6 is 11.3 Å². The van der Waals surface area contributed by atoms with E-state index in [-0.39, 0.29) is 5.91 Å². The number of nitriles is 1. The van der Waals surface area contributed by atoms with Crippen LogP contribution in [0.25, 0.3) is 10.1 Å². The predicted octanol–water partition coefficient (Wildman–Crippen LogP) is 2.75. The maximum absolute atomic E-state index is 12.1. The van der Waals surface area contributed by atoms with Crippen LogP contribution in [0.4, 0.5) is 5.82 Å². The summed E-state index contributed by atoms with van der Waals surface area (Å²) in [6, 6.07) is 11.6. The van der Waals surface area contributed by atoms with Gasteiger partial charge in [0.2, 0.25) is 0 Å². The number of carbonyl (C=O) groups excluding carboxylic acids is 1. The normalized spacial score (nSPS) is 10.3. The van der Waals surface area contributed by atoms with Crippen LogP contribution in [0.5, 0.6) is 0 Å². The largest absolute Gasteiger partial charge is 0.305 e. The molecule has 0 atom stereocenters. The first-order valence-electron chi connectivity index (χ1n) is 5.51. The maximum atomic E-state index is 12.1. The summed E-state index contributed by atoms with van der Waals surface area (Å²) in [6.45, 7) is 0. The van der Waals surface area contributed by atoms with Gasteiger partial charge in [-0.15, -0.1) is 11.3 Å². The number of fused-ring (bicyclic) bond motifs is 1. The number of benzene rings is 1. The molecule has 3 rings (SSSR count). The van der Waals surface area contributed by atoms with Gasteiger partial charge in [0.05, 0.1) is 11.1 Å². The van der Waals surface area contributed by atoms with Gasteiger partial charge in [-0.25, -0.2) is 0 Å². The van der Waals surface area contributed by atoms with Crippen LogP contribution in [-0.2, 0) is 0 Å². The Hall–Kier alpha value is -2.65. The summed E-state index contributed by atoms with van der Waals surface area (Å²) in [5.74, 6) is 0.0758. The quantitative estimate of drug-likeness (QED) is 0.749. The predicted molar refractivity (Wildman–Crippen MR) is 73.1 cm³/mol. The zero-order chi connectivity index (χ0) is 13.2. The van der Waals surface area contributed by atoms with Gasteiger partial charge in [0.15, 0.2) is 0 Å². The van der Waals surface area contributed by atoms with Crippen molar-refractivity contribution < 1.29 is 4.79 Å². The molecule has 1 amide bonds. The number of thiophene rings is 1. The zero-order valence-electron chi connectivity index (χ0n) is 9.68. The summed E-state index contributed by atoms with van der Waals surface area (Å²) >= 11 is 1.41. The summed E-state index contributed by atoms with van der Waals surface area (Å²) in [5, 5.41) is 18.8. The molecule has 6 heteroatoms. The Morgan fingerprint density at radius 2 is 2.26 bits per heavy atom. The third-order valence-corrected chi connectivity index (χ3v) is 3.76. The van der Waals surface area contributed by atoms with Crippen LogP contribution in [0.1, 0.15) is 15.2 Å². The lowest BCUT2D eigenvalue weighted by atomic mass is 10.2. The SMILES string of the molecule is N#Cc1cn[nH]c1NC(=O)c1cc2ccccc2s1. The first kappa shape index (κ1) is 11.4. The summed E-state index contributed by atoms with van der Waals surface area (Å²) in [4.78, 5) is 12.7. The van der Waals surface area contributed by atoms with Gasteiger partial charge in [0, 0.05) is 4.70 Å². The number of anilines is 1. The molecule has 0 fully saturated rings. The molecule has 1 aromatic carbocycles. The van der Waals surface area contributed by atoms with E-state index in [1.807, 2.05) is 36.4 Å². The number of hydrogen-bond acceptors (Lipinski definition) is 4. The minimum atomic E-state index is -0.248. The van der Waals surface area contributed by atoms with Gasteiger partial charge < -0.3 is 5.32 Å².